The van der Waals surface area contributed by atoms with Gasteiger partial charge in [-0.2, -0.15) is 0 Å². The normalized spacial score (nSPS) is 11.8. The molecule has 2 aromatic carbocycles. The lowest BCUT2D eigenvalue weighted by molar-refractivity contribution is 1.73. The highest BCUT2D eigenvalue weighted by Crippen LogP contribution is 2.45. The topological polar surface area (TPSA) is 12.4 Å². The van der Waals surface area contributed by atoms with Gasteiger partial charge in [-0.1, -0.05) is 72.5 Å². The van der Waals surface area contributed by atoms with Gasteiger partial charge in [0.1, 0.15) is 6.19 Å². The zero-order chi connectivity index (χ0) is 12.1. The standard InChI is InChI=1S/C13H11INPS/c14-11-15-16(17,12-7-3-1-4-8-12)13-9-5-2-6-10-13/h1-11H/b15-11+. The van der Waals surface area contributed by atoms with Gasteiger partial charge in [-0.15, -0.1) is 0 Å². The van der Waals surface area contributed by atoms with E-state index in [0.717, 1.165) is 10.6 Å². The van der Waals surface area contributed by atoms with Crippen LogP contribution >= 0.6 is 28.8 Å². The summed E-state index contributed by atoms with van der Waals surface area (Å²) in [6.07, 6.45) is -2.03. The van der Waals surface area contributed by atoms with Crippen molar-refractivity contribution >= 4 is 55.4 Å². The van der Waals surface area contributed by atoms with Crippen LogP contribution in [0.15, 0.2) is 65.4 Å². The van der Waals surface area contributed by atoms with E-state index in [1.165, 1.54) is 0 Å². The van der Waals surface area contributed by atoms with Gasteiger partial charge in [-0.05, 0) is 22.6 Å². The predicted molar refractivity (Wildman–Crippen MR) is 88.9 cm³/mol. The Balaban J connectivity index is 2.60. The van der Waals surface area contributed by atoms with Gasteiger partial charge in [-0.3, -0.25) is 0 Å². The summed E-state index contributed by atoms with van der Waals surface area (Å²) < 4.78 is 6.37. The van der Waals surface area contributed by atoms with Crippen molar-refractivity contribution in [2.24, 2.45) is 4.76 Å². The SMILES string of the molecule is S=P(/N=C/I)(c1ccccc1)c1ccccc1. The Morgan fingerprint density at radius 1 is 0.882 bits per heavy atom. The summed E-state index contributed by atoms with van der Waals surface area (Å²) in [6, 6.07) is 20.3. The molecule has 0 saturated carbocycles. The van der Waals surface area contributed by atoms with Gasteiger partial charge in [-0.25, -0.2) is 4.76 Å². The Morgan fingerprint density at radius 2 is 1.29 bits per heavy atom. The minimum Gasteiger partial charge on any atom is -0.245 e. The summed E-state index contributed by atoms with van der Waals surface area (Å²) in [4.78, 5) is 0. The van der Waals surface area contributed by atoms with Crippen molar-refractivity contribution in [1.82, 2.24) is 0 Å². The van der Waals surface area contributed by atoms with Crippen molar-refractivity contribution in [3.63, 3.8) is 0 Å². The fourth-order valence-corrected chi connectivity index (χ4v) is 5.94. The van der Waals surface area contributed by atoms with Gasteiger partial charge < -0.3 is 0 Å². The molecule has 1 nitrogen and oxygen atoms in total. The van der Waals surface area contributed by atoms with Crippen LogP contribution in [0.3, 0.4) is 0 Å². The molecule has 0 aliphatic rings. The maximum atomic E-state index is 5.84. The quantitative estimate of drug-likeness (QED) is 0.457. The fraction of sp³-hybridized carbons (Fsp3) is 0. The zero-order valence-electron chi connectivity index (χ0n) is 9.03. The number of hydrogen-bond acceptors (Lipinski definition) is 1. The van der Waals surface area contributed by atoms with Crippen molar-refractivity contribution in [3.8, 4) is 0 Å². The summed E-state index contributed by atoms with van der Waals surface area (Å²) in [5, 5.41) is 2.27. The average molecular weight is 371 g/mol. The van der Waals surface area contributed by atoms with E-state index in [1.54, 1.807) is 4.22 Å². The molecule has 0 unspecified atom stereocenters. The lowest BCUT2D eigenvalue weighted by atomic mass is 10.4. The molecule has 17 heavy (non-hydrogen) atoms. The Labute approximate surface area is 120 Å². The van der Waals surface area contributed by atoms with Crippen LogP contribution in [0.2, 0.25) is 0 Å². The van der Waals surface area contributed by atoms with Gasteiger partial charge in [0.25, 0.3) is 0 Å². The van der Waals surface area contributed by atoms with E-state index in [1.807, 2.05) is 36.4 Å². The van der Waals surface area contributed by atoms with E-state index in [-0.39, 0.29) is 0 Å². The van der Waals surface area contributed by atoms with E-state index in [2.05, 4.69) is 51.6 Å². The number of rotatable bonds is 3. The van der Waals surface area contributed by atoms with Crippen LogP contribution in [0.4, 0.5) is 0 Å². The number of halogens is 1. The Bertz CT molecular complexity index is 511. The molecule has 0 amide bonds. The van der Waals surface area contributed by atoms with Crippen molar-refractivity contribution in [2.75, 3.05) is 0 Å². The molecule has 0 saturated heterocycles. The molecule has 2 rings (SSSR count). The summed E-state index contributed by atoms with van der Waals surface area (Å²) in [5.74, 6) is 0. The van der Waals surface area contributed by atoms with E-state index >= 15 is 0 Å². The largest absolute Gasteiger partial charge is 0.245 e. The van der Waals surface area contributed by atoms with Crippen LogP contribution in [-0.2, 0) is 11.8 Å². The molecule has 0 fully saturated rings. The van der Waals surface area contributed by atoms with Gasteiger partial charge in [0.2, 0.25) is 0 Å². The van der Waals surface area contributed by atoms with Gasteiger partial charge >= 0.3 is 0 Å². The summed E-state index contributed by atoms with van der Waals surface area (Å²) in [5.41, 5.74) is 0. The first-order valence-corrected chi connectivity index (χ1v) is 9.13. The van der Waals surface area contributed by atoms with E-state index < -0.39 is 6.19 Å². The molecule has 2 aromatic rings. The van der Waals surface area contributed by atoms with Crippen molar-refractivity contribution in [3.05, 3.63) is 60.7 Å². The monoisotopic (exact) mass is 371 g/mol. The third-order valence-corrected chi connectivity index (χ3v) is 7.12. The Hall–Kier alpha value is -0.510. The van der Waals surface area contributed by atoms with Crippen molar-refractivity contribution in [1.29, 1.82) is 0 Å². The molecular formula is C13H11INPS. The molecule has 0 spiro atoms. The van der Waals surface area contributed by atoms with E-state index in [4.69, 9.17) is 11.8 Å². The Morgan fingerprint density at radius 3 is 1.65 bits per heavy atom. The van der Waals surface area contributed by atoms with Crippen LogP contribution in [0.5, 0.6) is 0 Å². The summed E-state index contributed by atoms with van der Waals surface area (Å²) in [7, 11) is 0. The van der Waals surface area contributed by atoms with Crippen LogP contribution in [0.1, 0.15) is 0 Å². The van der Waals surface area contributed by atoms with Crippen LogP contribution in [0, 0.1) is 0 Å². The highest BCUT2D eigenvalue weighted by atomic mass is 127. The second-order valence-corrected chi connectivity index (χ2v) is 8.02. The van der Waals surface area contributed by atoms with Crippen molar-refractivity contribution < 1.29 is 0 Å². The minimum absolute atomic E-state index is 1.13. The zero-order valence-corrected chi connectivity index (χ0v) is 12.9. The minimum atomic E-state index is -2.03. The maximum absolute atomic E-state index is 5.84. The second kappa shape index (κ2) is 5.89. The molecule has 0 bridgehead atoms. The lowest BCUT2D eigenvalue weighted by Crippen LogP contribution is -2.13. The summed E-state index contributed by atoms with van der Waals surface area (Å²) >= 11 is 7.98. The van der Waals surface area contributed by atoms with Crippen LogP contribution in [0.25, 0.3) is 0 Å². The molecule has 0 atom stereocenters. The number of hydrogen-bond donors (Lipinski definition) is 0. The molecule has 0 aliphatic carbocycles. The highest BCUT2D eigenvalue weighted by molar-refractivity contribution is 14.1. The first-order valence-electron chi connectivity index (χ1n) is 5.13. The number of nitrogens with zero attached hydrogens (tertiary/aromatic N) is 1. The molecule has 0 radical (unpaired) electrons. The molecule has 4 heteroatoms. The lowest BCUT2D eigenvalue weighted by Gasteiger charge is -2.17. The third kappa shape index (κ3) is 2.84. The molecule has 0 heterocycles. The maximum Gasteiger partial charge on any atom is 0.113 e. The van der Waals surface area contributed by atoms with Crippen LogP contribution in [-0.4, -0.2) is 4.22 Å². The first-order chi connectivity index (χ1) is 8.27. The average Bonchev–Trinajstić information content (AvgIpc) is 2.41. The smallest absolute Gasteiger partial charge is 0.113 e. The molecule has 0 N–H and O–H groups in total. The fourth-order valence-electron chi connectivity index (χ4n) is 1.60. The summed E-state index contributed by atoms with van der Waals surface area (Å²) in [6.45, 7) is 0. The van der Waals surface area contributed by atoms with E-state index in [9.17, 15) is 0 Å². The Kier molecular flexibility index (Phi) is 4.48. The molecular weight excluding hydrogens is 360 g/mol. The molecule has 86 valence electrons. The van der Waals surface area contributed by atoms with E-state index in [0.29, 0.717) is 0 Å². The second-order valence-electron chi connectivity index (χ2n) is 3.46. The van der Waals surface area contributed by atoms with Crippen LogP contribution < -0.4 is 10.6 Å². The molecule has 0 aromatic heterocycles. The molecule has 0 aliphatic heterocycles. The predicted octanol–water partition coefficient (Wildman–Crippen LogP) is 3.50. The van der Waals surface area contributed by atoms with Gasteiger partial charge in [0.15, 0.2) is 0 Å². The third-order valence-electron chi connectivity index (χ3n) is 2.42. The first kappa shape index (κ1) is 12.9. The van der Waals surface area contributed by atoms with Crippen molar-refractivity contribution in [2.45, 2.75) is 0 Å². The number of benzene rings is 2. The van der Waals surface area contributed by atoms with Gasteiger partial charge in [0, 0.05) is 10.6 Å². The van der Waals surface area contributed by atoms with Gasteiger partial charge in [0.05, 0.1) is 4.22 Å². The highest BCUT2D eigenvalue weighted by Gasteiger charge is 2.19.